The summed E-state index contributed by atoms with van der Waals surface area (Å²) in [6.07, 6.45) is -1.29. The lowest BCUT2D eigenvalue weighted by Gasteiger charge is -2.11. The van der Waals surface area contributed by atoms with Crippen LogP contribution in [0, 0.1) is 6.92 Å². The van der Waals surface area contributed by atoms with Crippen molar-refractivity contribution in [3.63, 3.8) is 0 Å². The second kappa shape index (κ2) is 7.82. The highest BCUT2D eigenvalue weighted by atomic mass is 32.1. The van der Waals surface area contributed by atoms with Crippen LogP contribution in [0.5, 0.6) is 0 Å². The van der Waals surface area contributed by atoms with Crippen molar-refractivity contribution in [2.24, 2.45) is 0 Å². The summed E-state index contributed by atoms with van der Waals surface area (Å²) in [7, 11) is 1.49. The quantitative estimate of drug-likeness (QED) is 0.818. The molecule has 0 saturated heterocycles. The van der Waals surface area contributed by atoms with Crippen LogP contribution in [-0.4, -0.2) is 28.0 Å². The van der Waals surface area contributed by atoms with E-state index >= 15 is 0 Å². The van der Waals surface area contributed by atoms with Crippen LogP contribution in [0.4, 0.5) is 8.78 Å². The van der Waals surface area contributed by atoms with Crippen LogP contribution < -0.4 is 11.2 Å². The van der Waals surface area contributed by atoms with Gasteiger partial charge < -0.3 is 9.84 Å². The van der Waals surface area contributed by atoms with E-state index < -0.39 is 17.3 Å². The first-order valence-electron chi connectivity index (χ1n) is 7.28. The Balaban J connectivity index is 2.69. The maximum Gasteiger partial charge on any atom is 0.332 e. The van der Waals surface area contributed by atoms with E-state index in [-0.39, 0.29) is 32.7 Å². The van der Waals surface area contributed by atoms with Gasteiger partial charge in [-0.05, 0) is 25.0 Å². The number of halogens is 2. The number of hydrogen-bond acceptors (Lipinski definition) is 5. The van der Waals surface area contributed by atoms with Crippen molar-refractivity contribution in [2.75, 3.05) is 13.7 Å². The van der Waals surface area contributed by atoms with Crippen molar-refractivity contribution in [1.82, 2.24) is 9.13 Å². The molecule has 0 spiro atoms. The number of nitrogens with zero attached hydrogens (tertiary/aromatic N) is 2. The molecule has 0 saturated carbocycles. The minimum Gasteiger partial charge on any atom is -0.391 e. The molecule has 0 aromatic carbocycles. The molecule has 6 nitrogen and oxygen atoms in total. The molecular formula is C15H18F2N2O4S. The number of aliphatic hydroxyl groups excluding tert-OH is 1. The summed E-state index contributed by atoms with van der Waals surface area (Å²) in [6.45, 7) is 1.81. The van der Waals surface area contributed by atoms with Crippen molar-refractivity contribution in [1.29, 1.82) is 0 Å². The highest BCUT2D eigenvalue weighted by Crippen LogP contribution is 2.27. The van der Waals surface area contributed by atoms with Crippen molar-refractivity contribution in [3.8, 4) is 0 Å². The number of allylic oxidation sites excluding steroid dienone is 1. The molecule has 132 valence electrons. The fraction of sp³-hybridized carbons (Fsp3) is 0.467. The van der Waals surface area contributed by atoms with E-state index in [0.29, 0.717) is 26.7 Å². The van der Waals surface area contributed by atoms with E-state index in [2.05, 4.69) is 0 Å². The van der Waals surface area contributed by atoms with Crippen molar-refractivity contribution >= 4 is 21.6 Å². The van der Waals surface area contributed by atoms with E-state index in [1.54, 1.807) is 6.92 Å². The van der Waals surface area contributed by atoms with Crippen LogP contribution in [0.1, 0.15) is 16.9 Å². The lowest BCUT2D eigenvalue weighted by atomic mass is 10.2. The summed E-state index contributed by atoms with van der Waals surface area (Å²) in [6, 6.07) is 0. The Hall–Kier alpha value is -1.84. The maximum absolute atomic E-state index is 12.6. The number of aromatic nitrogens is 2. The first kappa shape index (κ1) is 18.5. The van der Waals surface area contributed by atoms with Crippen molar-refractivity contribution < 1.29 is 18.6 Å². The molecule has 0 amide bonds. The van der Waals surface area contributed by atoms with Gasteiger partial charge in [-0.1, -0.05) is 0 Å². The molecule has 9 heteroatoms. The van der Waals surface area contributed by atoms with E-state index in [1.165, 1.54) is 23.0 Å². The third-order valence-corrected chi connectivity index (χ3v) is 5.01. The second-order valence-electron chi connectivity index (χ2n) is 5.15. The van der Waals surface area contributed by atoms with Gasteiger partial charge in [0.1, 0.15) is 4.83 Å². The molecule has 0 atom stereocenters. The van der Waals surface area contributed by atoms with Gasteiger partial charge in [0, 0.05) is 18.5 Å². The van der Waals surface area contributed by atoms with Crippen LogP contribution in [0.2, 0.25) is 0 Å². The van der Waals surface area contributed by atoms with Crippen LogP contribution in [0.25, 0.3) is 10.2 Å². The third kappa shape index (κ3) is 3.47. The van der Waals surface area contributed by atoms with Crippen molar-refractivity contribution in [3.05, 3.63) is 43.4 Å². The summed E-state index contributed by atoms with van der Waals surface area (Å²) in [4.78, 5) is 26.3. The standard InChI is InChI=1S/C15H18F2N2O4S/c1-9-10(8-20)24-14-12(9)13(21)18(5-3-4-11(16)17)15(22)19(14)6-7-23-2/h4,20H,3,5-8H2,1-2H3. The smallest absolute Gasteiger partial charge is 0.332 e. The van der Waals surface area contributed by atoms with Crippen molar-refractivity contribution in [2.45, 2.75) is 33.0 Å². The van der Waals surface area contributed by atoms with E-state index in [0.717, 1.165) is 4.57 Å². The molecule has 0 unspecified atom stereocenters. The minimum atomic E-state index is -1.85. The monoisotopic (exact) mass is 360 g/mol. The number of rotatable bonds is 7. The summed E-state index contributed by atoms with van der Waals surface area (Å²) in [5, 5.41) is 9.75. The topological polar surface area (TPSA) is 73.5 Å². The number of thiophene rings is 1. The highest BCUT2D eigenvalue weighted by Gasteiger charge is 2.19. The lowest BCUT2D eigenvalue weighted by molar-refractivity contribution is 0.186. The Morgan fingerprint density at radius 1 is 1.29 bits per heavy atom. The second-order valence-corrected chi connectivity index (χ2v) is 6.24. The molecule has 0 fully saturated rings. The molecule has 0 aliphatic carbocycles. The summed E-state index contributed by atoms with van der Waals surface area (Å²) in [5.41, 5.74) is -0.484. The first-order chi connectivity index (χ1) is 11.4. The number of hydrogen-bond donors (Lipinski definition) is 1. The van der Waals surface area contributed by atoms with Gasteiger partial charge >= 0.3 is 5.69 Å². The molecule has 2 rings (SSSR count). The largest absolute Gasteiger partial charge is 0.391 e. The summed E-state index contributed by atoms with van der Waals surface area (Å²) in [5.74, 6) is 0. The SMILES string of the molecule is COCCn1c(=O)n(CCC=C(F)F)c(=O)c2c(C)c(CO)sc21. The molecule has 2 aromatic rings. The first-order valence-corrected chi connectivity index (χ1v) is 8.10. The van der Waals surface area contributed by atoms with Gasteiger partial charge in [-0.15, -0.1) is 11.3 Å². The average Bonchev–Trinajstić information content (AvgIpc) is 2.87. The number of fused-ring (bicyclic) bond motifs is 1. The fourth-order valence-electron chi connectivity index (χ4n) is 2.47. The fourth-order valence-corrected chi connectivity index (χ4v) is 3.65. The predicted molar refractivity (Wildman–Crippen MR) is 87.8 cm³/mol. The Kier molecular flexibility index (Phi) is 6.03. The summed E-state index contributed by atoms with van der Waals surface area (Å²) < 4.78 is 31.7. The van der Waals surface area contributed by atoms with E-state index in [9.17, 15) is 23.5 Å². The van der Waals surface area contributed by atoms with Gasteiger partial charge in [-0.25, -0.2) is 4.79 Å². The van der Waals surface area contributed by atoms with Crippen LogP contribution in [-0.2, 0) is 24.4 Å². The van der Waals surface area contributed by atoms with Crippen LogP contribution in [0.3, 0.4) is 0 Å². The van der Waals surface area contributed by atoms with Crippen LogP contribution in [0.15, 0.2) is 21.7 Å². The Morgan fingerprint density at radius 3 is 2.58 bits per heavy atom. The zero-order valence-corrected chi connectivity index (χ0v) is 14.2. The Labute approximate surface area is 140 Å². The normalized spacial score (nSPS) is 11.2. The molecule has 1 N–H and O–H groups in total. The van der Waals surface area contributed by atoms with E-state index in [1.807, 2.05) is 0 Å². The average molecular weight is 360 g/mol. The zero-order valence-electron chi connectivity index (χ0n) is 13.3. The van der Waals surface area contributed by atoms with E-state index in [4.69, 9.17) is 4.74 Å². The zero-order chi connectivity index (χ0) is 17.9. The van der Waals surface area contributed by atoms with Gasteiger partial charge in [-0.2, -0.15) is 8.78 Å². The van der Waals surface area contributed by atoms with Gasteiger partial charge in [0.05, 0.1) is 25.1 Å². The number of aryl methyl sites for hydroxylation is 1. The molecule has 0 radical (unpaired) electrons. The lowest BCUT2D eigenvalue weighted by Crippen LogP contribution is -2.40. The summed E-state index contributed by atoms with van der Waals surface area (Å²) >= 11 is 1.18. The molecule has 0 bridgehead atoms. The van der Waals surface area contributed by atoms with Gasteiger partial charge in [-0.3, -0.25) is 13.9 Å². The number of ether oxygens (including phenoxy) is 1. The third-order valence-electron chi connectivity index (χ3n) is 3.71. The van der Waals surface area contributed by atoms with Gasteiger partial charge in [0.25, 0.3) is 11.6 Å². The molecular weight excluding hydrogens is 342 g/mol. The minimum absolute atomic E-state index is 0.122. The van der Waals surface area contributed by atoms with Gasteiger partial charge in [0.2, 0.25) is 0 Å². The highest BCUT2D eigenvalue weighted by molar-refractivity contribution is 7.18. The Bertz CT molecular complexity index is 878. The number of methoxy groups -OCH3 is 1. The molecule has 24 heavy (non-hydrogen) atoms. The molecule has 0 aliphatic rings. The molecule has 0 aliphatic heterocycles. The molecule has 2 heterocycles. The molecule has 2 aromatic heterocycles. The van der Waals surface area contributed by atoms with Gasteiger partial charge in [0.15, 0.2) is 0 Å². The van der Waals surface area contributed by atoms with Crippen LogP contribution >= 0.6 is 11.3 Å². The number of aliphatic hydroxyl groups is 1. The maximum atomic E-state index is 12.6. The predicted octanol–water partition coefficient (Wildman–Crippen LogP) is 1.84. The Morgan fingerprint density at radius 2 is 2.00 bits per heavy atom.